The lowest BCUT2D eigenvalue weighted by Gasteiger charge is -2.34. The molecule has 0 aromatic heterocycles. The van der Waals surface area contributed by atoms with E-state index in [9.17, 15) is 22.8 Å². The number of dihydropyridines is 1. The minimum Gasteiger partial charge on any atom is -0.362 e. The number of anilines is 1. The van der Waals surface area contributed by atoms with Gasteiger partial charge in [0.25, 0.3) is 5.91 Å². The summed E-state index contributed by atoms with van der Waals surface area (Å²) < 4.78 is 41.1. The van der Waals surface area contributed by atoms with Crippen LogP contribution in [0.25, 0.3) is 0 Å². The first-order valence-corrected chi connectivity index (χ1v) is 10.9. The monoisotopic (exact) mass is 504 g/mol. The van der Waals surface area contributed by atoms with Crippen molar-refractivity contribution in [2.75, 3.05) is 5.32 Å². The Labute approximate surface area is 191 Å². The second-order valence-electron chi connectivity index (χ2n) is 7.82. The Bertz CT molecular complexity index is 1170. The second-order valence-corrected chi connectivity index (χ2v) is 8.73. The highest BCUT2D eigenvalue weighted by molar-refractivity contribution is 9.10. The quantitative estimate of drug-likeness (QED) is 0.532. The number of allylic oxidation sites excluding steroid dienone is 3. The largest absolute Gasteiger partial charge is 0.418 e. The summed E-state index contributed by atoms with van der Waals surface area (Å²) in [7, 11) is 0. The number of para-hydroxylation sites is 1. The smallest absolute Gasteiger partial charge is 0.362 e. The molecular formula is C24H20BrF3N2O2. The van der Waals surface area contributed by atoms with Gasteiger partial charge < -0.3 is 10.6 Å². The molecule has 0 bridgehead atoms. The van der Waals surface area contributed by atoms with Gasteiger partial charge in [-0.25, -0.2) is 0 Å². The molecule has 2 aliphatic rings. The average molecular weight is 505 g/mol. The number of nitrogens with one attached hydrogen (secondary N) is 2. The van der Waals surface area contributed by atoms with Crippen molar-refractivity contribution >= 4 is 33.3 Å². The van der Waals surface area contributed by atoms with Gasteiger partial charge in [0.15, 0.2) is 5.78 Å². The number of hydrogen-bond donors (Lipinski definition) is 2. The molecule has 1 heterocycles. The SMILES string of the molecule is CC1=C(C(=O)Nc2ccccc2C(F)(F)F)C(c2cccc(Br)c2)C2=C(CCCC2=O)N1. The fourth-order valence-electron chi connectivity index (χ4n) is 4.33. The molecule has 2 aromatic carbocycles. The van der Waals surface area contributed by atoms with Gasteiger partial charge >= 0.3 is 6.18 Å². The molecule has 1 aliphatic heterocycles. The number of hydrogen-bond acceptors (Lipinski definition) is 3. The maximum Gasteiger partial charge on any atom is 0.418 e. The molecule has 1 amide bonds. The maximum atomic E-state index is 13.4. The molecule has 2 N–H and O–H groups in total. The molecule has 0 saturated carbocycles. The molecule has 32 heavy (non-hydrogen) atoms. The van der Waals surface area contributed by atoms with Crippen molar-refractivity contribution in [3.8, 4) is 0 Å². The van der Waals surface area contributed by atoms with Crippen molar-refractivity contribution in [3.05, 3.63) is 86.7 Å². The second kappa shape index (κ2) is 8.58. The Hall–Kier alpha value is -2.87. The number of benzene rings is 2. The average Bonchev–Trinajstić information content (AvgIpc) is 2.72. The van der Waals surface area contributed by atoms with Crippen molar-refractivity contribution in [3.63, 3.8) is 0 Å². The van der Waals surface area contributed by atoms with Crippen molar-refractivity contribution in [2.45, 2.75) is 38.3 Å². The highest BCUT2D eigenvalue weighted by Crippen LogP contribution is 2.43. The molecule has 1 atom stereocenters. The molecular weight excluding hydrogens is 485 g/mol. The van der Waals surface area contributed by atoms with E-state index in [1.165, 1.54) is 18.2 Å². The predicted molar refractivity (Wildman–Crippen MR) is 119 cm³/mol. The first kappa shape index (κ1) is 22.3. The molecule has 0 fully saturated rings. The van der Waals surface area contributed by atoms with Gasteiger partial charge in [0.2, 0.25) is 0 Å². The van der Waals surface area contributed by atoms with Gasteiger partial charge in [-0.1, -0.05) is 40.2 Å². The van der Waals surface area contributed by atoms with Crippen LogP contribution < -0.4 is 10.6 Å². The predicted octanol–water partition coefficient (Wildman–Crippen LogP) is 6.07. The van der Waals surface area contributed by atoms with E-state index in [0.29, 0.717) is 30.5 Å². The van der Waals surface area contributed by atoms with Crippen LogP contribution in [0.2, 0.25) is 0 Å². The third-order valence-corrected chi connectivity index (χ3v) is 6.18. The van der Waals surface area contributed by atoms with E-state index >= 15 is 0 Å². The van der Waals surface area contributed by atoms with Crippen LogP contribution in [0.15, 0.2) is 75.5 Å². The minimum absolute atomic E-state index is 0.0581. The Kier molecular flexibility index (Phi) is 5.99. The minimum atomic E-state index is -4.61. The molecule has 0 radical (unpaired) electrons. The molecule has 2 aromatic rings. The van der Waals surface area contributed by atoms with E-state index in [-0.39, 0.29) is 17.0 Å². The van der Waals surface area contributed by atoms with Gasteiger partial charge in [0, 0.05) is 39.4 Å². The fraction of sp³-hybridized carbons (Fsp3) is 0.250. The highest BCUT2D eigenvalue weighted by Gasteiger charge is 2.39. The van der Waals surface area contributed by atoms with Crippen LogP contribution in [0.4, 0.5) is 18.9 Å². The van der Waals surface area contributed by atoms with Crippen LogP contribution in [0.5, 0.6) is 0 Å². The van der Waals surface area contributed by atoms with Gasteiger partial charge in [-0.15, -0.1) is 0 Å². The summed E-state index contributed by atoms with van der Waals surface area (Å²) in [4.78, 5) is 26.3. The number of amides is 1. The zero-order valence-corrected chi connectivity index (χ0v) is 18.7. The summed E-state index contributed by atoms with van der Waals surface area (Å²) in [6.45, 7) is 1.71. The molecule has 166 valence electrons. The molecule has 0 spiro atoms. The fourth-order valence-corrected chi connectivity index (χ4v) is 4.75. The first-order valence-electron chi connectivity index (χ1n) is 10.1. The van der Waals surface area contributed by atoms with Crippen LogP contribution in [0.3, 0.4) is 0 Å². The van der Waals surface area contributed by atoms with E-state index < -0.39 is 23.6 Å². The van der Waals surface area contributed by atoms with Crippen LogP contribution >= 0.6 is 15.9 Å². The van der Waals surface area contributed by atoms with Gasteiger partial charge in [-0.05, 0) is 49.6 Å². The number of carbonyl (C=O) groups is 2. The third-order valence-electron chi connectivity index (χ3n) is 5.68. The number of Topliss-reactive ketones (excluding diaryl/α,β-unsaturated/α-hetero) is 1. The van der Waals surface area contributed by atoms with E-state index in [4.69, 9.17) is 0 Å². The standard InChI is InChI=1S/C24H20BrF3N2O2/c1-13-20(23(32)30-17-9-3-2-8-16(17)24(26,27)28)21(14-6-4-7-15(25)12-14)22-18(29-13)10-5-11-19(22)31/h2-4,6-9,12,21,29H,5,10-11H2,1H3,(H,30,32). The van der Waals surface area contributed by atoms with E-state index in [0.717, 1.165) is 21.8 Å². The lowest BCUT2D eigenvalue weighted by Crippen LogP contribution is -2.35. The Morgan fingerprint density at radius 1 is 1.12 bits per heavy atom. The van der Waals surface area contributed by atoms with Crippen molar-refractivity contribution in [1.82, 2.24) is 5.32 Å². The third kappa shape index (κ3) is 4.24. The molecule has 1 aliphatic carbocycles. The van der Waals surface area contributed by atoms with Crippen molar-refractivity contribution in [2.24, 2.45) is 0 Å². The zero-order chi connectivity index (χ0) is 23.0. The van der Waals surface area contributed by atoms with Gasteiger partial charge in [0.05, 0.1) is 11.3 Å². The number of rotatable bonds is 3. The topological polar surface area (TPSA) is 58.2 Å². The summed E-state index contributed by atoms with van der Waals surface area (Å²) >= 11 is 3.43. The Morgan fingerprint density at radius 3 is 2.59 bits per heavy atom. The maximum absolute atomic E-state index is 13.4. The molecule has 4 rings (SSSR count). The Balaban J connectivity index is 1.80. The van der Waals surface area contributed by atoms with Crippen LogP contribution in [0.1, 0.15) is 43.2 Å². The Morgan fingerprint density at radius 2 is 1.88 bits per heavy atom. The van der Waals surface area contributed by atoms with E-state index in [2.05, 4.69) is 26.6 Å². The molecule has 1 unspecified atom stereocenters. The van der Waals surface area contributed by atoms with E-state index in [1.54, 1.807) is 13.0 Å². The normalized spacial score (nSPS) is 18.9. The van der Waals surface area contributed by atoms with E-state index in [1.807, 2.05) is 18.2 Å². The molecule has 0 saturated heterocycles. The summed E-state index contributed by atoms with van der Waals surface area (Å²) in [5.41, 5.74) is 1.50. The summed E-state index contributed by atoms with van der Waals surface area (Å²) in [6, 6.07) is 12.1. The van der Waals surface area contributed by atoms with Crippen molar-refractivity contribution in [1.29, 1.82) is 0 Å². The first-order chi connectivity index (χ1) is 15.2. The number of ketones is 1. The summed E-state index contributed by atoms with van der Waals surface area (Å²) in [5, 5.41) is 5.61. The lowest BCUT2D eigenvalue weighted by molar-refractivity contribution is -0.137. The van der Waals surface area contributed by atoms with Crippen LogP contribution in [0, 0.1) is 0 Å². The van der Waals surface area contributed by atoms with Crippen LogP contribution in [-0.2, 0) is 15.8 Å². The van der Waals surface area contributed by atoms with Gasteiger partial charge in [0.1, 0.15) is 0 Å². The van der Waals surface area contributed by atoms with Gasteiger partial charge in [-0.2, -0.15) is 13.2 Å². The van der Waals surface area contributed by atoms with Gasteiger partial charge in [-0.3, -0.25) is 9.59 Å². The number of carbonyl (C=O) groups excluding carboxylic acids is 2. The lowest BCUT2D eigenvalue weighted by atomic mass is 9.75. The molecule has 4 nitrogen and oxygen atoms in total. The number of alkyl halides is 3. The van der Waals surface area contributed by atoms with Crippen molar-refractivity contribution < 1.29 is 22.8 Å². The zero-order valence-electron chi connectivity index (χ0n) is 17.1. The van der Waals surface area contributed by atoms with Crippen LogP contribution in [-0.4, -0.2) is 11.7 Å². The number of halogens is 4. The molecule has 8 heteroatoms. The summed E-state index contributed by atoms with van der Waals surface area (Å²) in [5.74, 6) is -1.41. The highest BCUT2D eigenvalue weighted by atomic mass is 79.9. The summed E-state index contributed by atoms with van der Waals surface area (Å²) in [6.07, 6.45) is -2.86.